The molecular formula is C11H22ClNO2. The molecule has 15 heavy (non-hydrogen) atoms. The molecule has 0 aromatic rings. The molecule has 1 fully saturated rings. The number of hydrogen-bond donors (Lipinski definition) is 2. The maximum atomic E-state index is 10.7. The van der Waals surface area contributed by atoms with Gasteiger partial charge in [-0.1, -0.05) is 20.3 Å². The van der Waals surface area contributed by atoms with Crippen LogP contribution in [-0.4, -0.2) is 23.2 Å². The number of rotatable bonds is 3. The molecule has 1 aliphatic rings. The molecule has 0 bridgehead atoms. The molecule has 3 nitrogen and oxygen atoms in total. The van der Waals surface area contributed by atoms with Gasteiger partial charge < -0.3 is 10.4 Å². The monoisotopic (exact) mass is 235 g/mol. The van der Waals surface area contributed by atoms with Gasteiger partial charge in [0.05, 0.1) is 0 Å². The largest absolute Gasteiger partial charge is 0.480 e. The molecule has 1 rings (SSSR count). The summed E-state index contributed by atoms with van der Waals surface area (Å²) in [5, 5.41) is 12.0. The van der Waals surface area contributed by atoms with E-state index < -0.39 is 12.0 Å². The van der Waals surface area contributed by atoms with Gasteiger partial charge in [-0.25, -0.2) is 0 Å². The Labute approximate surface area is 98.0 Å². The van der Waals surface area contributed by atoms with Crippen molar-refractivity contribution in [3.8, 4) is 0 Å². The minimum atomic E-state index is -0.756. The van der Waals surface area contributed by atoms with E-state index in [2.05, 4.69) is 19.2 Å². The Hall–Kier alpha value is -0.280. The molecule has 0 amide bonds. The standard InChI is InChI=1S/C11H21NO2.ClH/c1-8(10(13)14)12-9-5-4-6-11(2,3)7-9;/h8-9,12H,4-7H2,1-3H3,(H,13,14);1H. The zero-order chi connectivity index (χ0) is 10.8. The summed E-state index contributed by atoms with van der Waals surface area (Å²) in [6, 6.07) is -0.0428. The second-order valence-corrected chi connectivity index (χ2v) is 5.18. The third-order valence-corrected chi connectivity index (χ3v) is 3.06. The highest BCUT2D eigenvalue weighted by Crippen LogP contribution is 2.35. The summed E-state index contributed by atoms with van der Waals surface area (Å²) >= 11 is 0. The number of carboxylic acids is 1. The number of aliphatic carboxylic acids is 1. The molecule has 0 spiro atoms. The fraction of sp³-hybridized carbons (Fsp3) is 0.909. The van der Waals surface area contributed by atoms with E-state index in [-0.39, 0.29) is 12.4 Å². The minimum absolute atomic E-state index is 0. The zero-order valence-electron chi connectivity index (χ0n) is 9.75. The fourth-order valence-electron chi connectivity index (χ4n) is 2.27. The van der Waals surface area contributed by atoms with Crippen molar-refractivity contribution >= 4 is 18.4 Å². The molecule has 0 radical (unpaired) electrons. The van der Waals surface area contributed by atoms with E-state index in [0.29, 0.717) is 11.5 Å². The lowest BCUT2D eigenvalue weighted by Gasteiger charge is -2.36. The van der Waals surface area contributed by atoms with E-state index in [1.807, 2.05) is 0 Å². The van der Waals surface area contributed by atoms with Crippen LogP contribution in [0.15, 0.2) is 0 Å². The second kappa shape index (κ2) is 5.71. The summed E-state index contributed by atoms with van der Waals surface area (Å²) in [5.41, 5.74) is 0.369. The molecule has 1 saturated carbocycles. The Morgan fingerprint density at radius 1 is 1.53 bits per heavy atom. The second-order valence-electron chi connectivity index (χ2n) is 5.18. The first kappa shape index (κ1) is 14.7. The first-order valence-corrected chi connectivity index (χ1v) is 5.39. The lowest BCUT2D eigenvalue weighted by Crippen LogP contribution is -2.45. The van der Waals surface area contributed by atoms with Crippen molar-refractivity contribution in [2.24, 2.45) is 5.41 Å². The predicted molar refractivity (Wildman–Crippen MR) is 63.5 cm³/mol. The van der Waals surface area contributed by atoms with Gasteiger partial charge in [0.15, 0.2) is 0 Å². The molecule has 4 heteroatoms. The Morgan fingerprint density at radius 2 is 2.13 bits per heavy atom. The van der Waals surface area contributed by atoms with Gasteiger partial charge in [-0.05, 0) is 31.6 Å². The first-order chi connectivity index (χ1) is 6.41. The number of halogens is 1. The molecule has 1 aliphatic carbocycles. The van der Waals surface area contributed by atoms with E-state index in [4.69, 9.17) is 5.11 Å². The fourth-order valence-corrected chi connectivity index (χ4v) is 2.27. The van der Waals surface area contributed by atoms with Crippen molar-refractivity contribution in [3.05, 3.63) is 0 Å². The number of nitrogens with one attached hydrogen (secondary N) is 1. The summed E-state index contributed by atoms with van der Waals surface area (Å²) in [4.78, 5) is 10.7. The van der Waals surface area contributed by atoms with Gasteiger partial charge in [-0.2, -0.15) is 0 Å². The number of carboxylic acid groups (broad SMARTS) is 1. The van der Waals surface area contributed by atoms with Gasteiger partial charge in [-0.3, -0.25) is 4.79 Å². The van der Waals surface area contributed by atoms with Crippen molar-refractivity contribution in [2.45, 2.75) is 58.5 Å². The maximum Gasteiger partial charge on any atom is 0.320 e. The Balaban J connectivity index is 0.00000196. The molecule has 0 aromatic carbocycles. The van der Waals surface area contributed by atoms with E-state index in [0.717, 1.165) is 12.8 Å². The smallest absolute Gasteiger partial charge is 0.320 e. The lowest BCUT2D eigenvalue weighted by molar-refractivity contribution is -0.139. The summed E-state index contributed by atoms with van der Waals surface area (Å²) in [6.07, 6.45) is 4.66. The molecule has 2 N–H and O–H groups in total. The predicted octanol–water partition coefficient (Wildman–Crippen LogP) is 2.44. The van der Waals surface area contributed by atoms with Crippen LogP contribution in [0.25, 0.3) is 0 Å². The van der Waals surface area contributed by atoms with E-state index in [1.165, 1.54) is 12.8 Å². The highest BCUT2D eigenvalue weighted by Gasteiger charge is 2.29. The van der Waals surface area contributed by atoms with Crippen LogP contribution in [0.3, 0.4) is 0 Å². The van der Waals surface area contributed by atoms with Crippen molar-refractivity contribution in [1.29, 1.82) is 0 Å². The minimum Gasteiger partial charge on any atom is -0.480 e. The van der Waals surface area contributed by atoms with E-state index in [1.54, 1.807) is 6.92 Å². The molecule has 2 unspecified atom stereocenters. The average Bonchev–Trinajstić information content (AvgIpc) is 2.01. The lowest BCUT2D eigenvalue weighted by atomic mass is 9.75. The number of carbonyl (C=O) groups is 1. The molecule has 2 atom stereocenters. The first-order valence-electron chi connectivity index (χ1n) is 5.39. The van der Waals surface area contributed by atoms with Crippen LogP contribution in [0, 0.1) is 5.41 Å². The third-order valence-electron chi connectivity index (χ3n) is 3.06. The molecule has 0 heterocycles. The van der Waals surface area contributed by atoms with Crippen LogP contribution in [-0.2, 0) is 4.79 Å². The SMILES string of the molecule is CC(NC1CCCC(C)(C)C1)C(=O)O.Cl. The molecule has 0 saturated heterocycles. The van der Waals surface area contributed by atoms with Gasteiger partial charge >= 0.3 is 5.97 Å². The Bertz CT molecular complexity index is 219. The van der Waals surface area contributed by atoms with Crippen molar-refractivity contribution in [2.75, 3.05) is 0 Å². The summed E-state index contributed by atoms with van der Waals surface area (Å²) in [7, 11) is 0. The van der Waals surface area contributed by atoms with Crippen molar-refractivity contribution in [3.63, 3.8) is 0 Å². The van der Waals surface area contributed by atoms with Gasteiger partial charge in [0.2, 0.25) is 0 Å². The Kier molecular flexibility index (Phi) is 5.60. The van der Waals surface area contributed by atoms with Crippen LogP contribution in [0.4, 0.5) is 0 Å². The molecular weight excluding hydrogens is 214 g/mol. The van der Waals surface area contributed by atoms with Crippen molar-refractivity contribution in [1.82, 2.24) is 5.32 Å². The van der Waals surface area contributed by atoms with Crippen LogP contribution in [0.2, 0.25) is 0 Å². The van der Waals surface area contributed by atoms with Gasteiger partial charge in [-0.15, -0.1) is 12.4 Å². The highest BCUT2D eigenvalue weighted by atomic mass is 35.5. The normalized spacial score (nSPS) is 26.5. The zero-order valence-corrected chi connectivity index (χ0v) is 10.6. The highest BCUT2D eigenvalue weighted by molar-refractivity contribution is 5.85. The van der Waals surface area contributed by atoms with Gasteiger partial charge in [0.1, 0.15) is 6.04 Å². The van der Waals surface area contributed by atoms with Crippen LogP contribution < -0.4 is 5.32 Å². The average molecular weight is 236 g/mol. The maximum absolute atomic E-state index is 10.7. The summed E-state index contributed by atoms with van der Waals surface area (Å²) in [5.74, 6) is -0.756. The third kappa shape index (κ3) is 4.85. The van der Waals surface area contributed by atoms with Gasteiger partial charge in [0.25, 0.3) is 0 Å². The summed E-state index contributed by atoms with van der Waals surface area (Å²) in [6.45, 7) is 6.22. The van der Waals surface area contributed by atoms with E-state index >= 15 is 0 Å². The van der Waals surface area contributed by atoms with E-state index in [9.17, 15) is 4.79 Å². The quantitative estimate of drug-likeness (QED) is 0.790. The number of hydrogen-bond acceptors (Lipinski definition) is 2. The molecule has 0 aliphatic heterocycles. The van der Waals surface area contributed by atoms with Crippen LogP contribution in [0.1, 0.15) is 46.5 Å². The molecule has 0 aromatic heterocycles. The van der Waals surface area contributed by atoms with Crippen LogP contribution >= 0.6 is 12.4 Å². The Morgan fingerprint density at radius 3 is 2.60 bits per heavy atom. The summed E-state index contributed by atoms with van der Waals surface area (Å²) < 4.78 is 0. The molecule has 90 valence electrons. The van der Waals surface area contributed by atoms with Crippen molar-refractivity contribution < 1.29 is 9.90 Å². The van der Waals surface area contributed by atoms with Crippen LogP contribution in [0.5, 0.6) is 0 Å². The van der Waals surface area contributed by atoms with Gasteiger partial charge in [0, 0.05) is 6.04 Å². The topological polar surface area (TPSA) is 49.3 Å².